The summed E-state index contributed by atoms with van der Waals surface area (Å²) in [6.45, 7) is 4.09. The minimum Gasteiger partial charge on any atom is -0.481 e. The van der Waals surface area contributed by atoms with Crippen molar-refractivity contribution in [2.45, 2.75) is 26.7 Å². The first-order valence-corrected chi connectivity index (χ1v) is 7.83. The molecular weight excluding hydrogens is 340 g/mol. The summed E-state index contributed by atoms with van der Waals surface area (Å²) in [7, 11) is 0. The molecule has 106 valence electrons. The van der Waals surface area contributed by atoms with Gasteiger partial charge in [0.05, 0.1) is 12.1 Å². The fourth-order valence-electron chi connectivity index (χ4n) is 1.86. The Hall–Kier alpha value is -1.40. The van der Waals surface area contributed by atoms with Crippen molar-refractivity contribution in [3.05, 3.63) is 38.8 Å². The lowest BCUT2D eigenvalue weighted by Crippen LogP contribution is -1.98. The maximum Gasteiger partial charge on any atom is 0.303 e. The van der Waals surface area contributed by atoms with E-state index in [4.69, 9.17) is 5.11 Å². The van der Waals surface area contributed by atoms with Gasteiger partial charge in [-0.1, -0.05) is 15.9 Å². The van der Waals surface area contributed by atoms with Crippen LogP contribution in [0.5, 0.6) is 0 Å². The molecule has 0 saturated heterocycles. The molecule has 2 rings (SSSR count). The quantitative estimate of drug-likeness (QED) is 0.840. The van der Waals surface area contributed by atoms with Gasteiger partial charge in [-0.05, 0) is 37.1 Å². The first-order valence-electron chi connectivity index (χ1n) is 6.15. The number of hydrogen-bond acceptors (Lipinski definition) is 4. The molecule has 0 amide bonds. The SMILES string of the molecule is Cc1cc(Nc2nc(CCC(=O)O)cs2)cc(C)c1Br. The van der Waals surface area contributed by atoms with Crippen molar-refractivity contribution in [3.8, 4) is 0 Å². The number of thiazole rings is 1. The summed E-state index contributed by atoms with van der Waals surface area (Å²) in [4.78, 5) is 14.9. The van der Waals surface area contributed by atoms with Gasteiger partial charge in [0.1, 0.15) is 0 Å². The highest BCUT2D eigenvalue weighted by Gasteiger charge is 2.07. The Morgan fingerprint density at radius 2 is 2.05 bits per heavy atom. The molecule has 1 aromatic carbocycles. The molecule has 0 radical (unpaired) electrons. The highest BCUT2D eigenvalue weighted by Crippen LogP contribution is 2.28. The van der Waals surface area contributed by atoms with Crippen molar-refractivity contribution in [2.24, 2.45) is 0 Å². The van der Waals surface area contributed by atoms with Crippen molar-refractivity contribution < 1.29 is 9.90 Å². The van der Waals surface area contributed by atoms with Crippen LogP contribution in [0.4, 0.5) is 10.8 Å². The number of aliphatic carboxylic acids is 1. The molecule has 0 unspecified atom stereocenters. The van der Waals surface area contributed by atoms with Crippen molar-refractivity contribution >= 4 is 44.1 Å². The summed E-state index contributed by atoms with van der Waals surface area (Å²) in [5, 5.41) is 14.6. The third-order valence-corrected chi connectivity index (χ3v) is 4.89. The molecule has 20 heavy (non-hydrogen) atoms. The number of nitrogens with one attached hydrogen (secondary N) is 1. The summed E-state index contributed by atoms with van der Waals surface area (Å²) >= 11 is 5.03. The smallest absolute Gasteiger partial charge is 0.303 e. The summed E-state index contributed by atoms with van der Waals surface area (Å²) in [6.07, 6.45) is 0.575. The van der Waals surface area contributed by atoms with Gasteiger partial charge in [0.15, 0.2) is 5.13 Å². The van der Waals surface area contributed by atoms with E-state index < -0.39 is 5.97 Å². The molecule has 1 heterocycles. The zero-order valence-corrected chi connectivity index (χ0v) is 13.6. The Morgan fingerprint density at radius 3 is 2.65 bits per heavy atom. The number of anilines is 2. The lowest BCUT2D eigenvalue weighted by Gasteiger charge is -2.08. The van der Waals surface area contributed by atoms with E-state index >= 15 is 0 Å². The monoisotopic (exact) mass is 354 g/mol. The van der Waals surface area contributed by atoms with Gasteiger partial charge in [-0.25, -0.2) is 4.98 Å². The second-order valence-electron chi connectivity index (χ2n) is 4.59. The molecule has 0 bridgehead atoms. The topological polar surface area (TPSA) is 62.2 Å². The number of aryl methyl sites for hydroxylation is 3. The van der Waals surface area contributed by atoms with E-state index in [0.29, 0.717) is 6.42 Å². The van der Waals surface area contributed by atoms with E-state index in [9.17, 15) is 4.79 Å². The third kappa shape index (κ3) is 3.80. The number of carboxylic acids is 1. The number of carboxylic acid groups (broad SMARTS) is 1. The molecule has 0 aliphatic carbocycles. The number of nitrogens with zero attached hydrogens (tertiary/aromatic N) is 1. The average molecular weight is 355 g/mol. The fourth-order valence-corrected chi connectivity index (χ4v) is 2.85. The summed E-state index contributed by atoms with van der Waals surface area (Å²) in [5.74, 6) is -0.799. The highest BCUT2D eigenvalue weighted by molar-refractivity contribution is 9.10. The molecule has 0 saturated carbocycles. The molecule has 0 fully saturated rings. The normalized spacial score (nSPS) is 10.6. The van der Waals surface area contributed by atoms with Gasteiger partial charge in [-0.2, -0.15) is 0 Å². The van der Waals surface area contributed by atoms with E-state index in [-0.39, 0.29) is 6.42 Å². The molecule has 0 aliphatic rings. The Morgan fingerprint density at radius 1 is 1.40 bits per heavy atom. The van der Waals surface area contributed by atoms with Crippen LogP contribution < -0.4 is 5.32 Å². The first-order chi connectivity index (χ1) is 9.45. The molecule has 2 aromatic rings. The zero-order valence-electron chi connectivity index (χ0n) is 11.2. The van der Waals surface area contributed by atoms with Gasteiger partial charge in [0, 0.05) is 22.0 Å². The van der Waals surface area contributed by atoms with Crippen LogP contribution in [0, 0.1) is 13.8 Å². The molecule has 0 aliphatic heterocycles. The molecule has 1 aromatic heterocycles. The van der Waals surface area contributed by atoms with E-state index in [0.717, 1.165) is 32.1 Å². The number of benzene rings is 1. The lowest BCUT2D eigenvalue weighted by molar-refractivity contribution is -0.136. The standard InChI is InChI=1S/C14H15BrN2O2S/c1-8-5-11(6-9(2)13(8)15)17-14-16-10(7-20-14)3-4-12(18)19/h5-7H,3-4H2,1-2H3,(H,16,17)(H,18,19). The van der Waals surface area contributed by atoms with Crippen LogP contribution in [-0.2, 0) is 11.2 Å². The highest BCUT2D eigenvalue weighted by atomic mass is 79.9. The second kappa shape index (κ2) is 6.37. The minimum atomic E-state index is -0.799. The summed E-state index contributed by atoms with van der Waals surface area (Å²) in [5.41, 5.74) is 4.12. The van der Waals surface area contributed by atoms with E-state index in [1.54, 1.807) is 0 Å². The number of rotatable bonds is 5. The van der Waals surface area contributed by atoms with E-state index in [2.05, 4.69) is 38.4 Å². The van der Waals surface area contributed by atoms with Crippen LogP contribution in [0.1, 0.15) is 23.2 Å². The molecule has 4 nitrogen and oxygen atoms in total. The fraction of sp³-hybridized carbons (Fsp3) is 0.286. The second-order valence-corrected chi connectivity index (χ2v) is 6.24. The first kappa shape index (κ1) is 15.0. The van der Waals surface area contributed by atoms with Crippen LogP contribution >= 0.6 is 27.3 Å². The van der Waals surface area contributed by atoms with E-state index in [1.807, 2.05) is 19.2 Å². The van der Waals surface area contributed by atoms with Crippen LogP contribution in [0.2, 0.25) is 0 Å². The Balaban J connectivity index is 2.09. The van der Waals surface area contributed by atoms with Crippen LogP contribution in [0.25, 0.3) is 0 Å². The van der Waals surface area contributed by atoms with Crippen LogP contribution in [0.15, 0.2) is 22.0 Å². The molecule has 2 N–H and O–H groups in total. The van der Waals surface area contributed by atoms with E-state index in [1.165, 1.54) is 11.3 Å². The molecule has 0 atom stereocenters. The Labute approximate surface area is 130 Å². The summed E-state index contributed by atoms with van der Waals surface area (Å²) in [6, 6.07) is 4.10. The van der Waals surface area contributed by atoms with Gasteiger partial charge in [0.2, 0.25) is 0 Å². The average Bonchev–Trinajstić information content (AvgIpc) is 2.81. The number of aromatic nitrogens is 1. The Bertz CT molecular complexity index is 617. The lowest BCUT2D eigenvalue weighted by atomic mass is 10.1. The van der Waals surface area contributed by atoms with Crippen LogP contribution in [0.3, 0.4) is 0 Å². The van der Waals surface area contributed by atoms with Crippen LogP contribution in [-0.4, -0.2) is 16.1 Å². The molecular formula is C14H15BrN2O2S. The largest absolute Gasteiger partial charge is 0.481 e. The maximum atomic E-state index is 10.5. The Kier molecular flexibility index (Phi) is 4.77. The van der Waals surface area contributed by atoms with Crippen molar-refractivity contribution in [2.75, 3.05) is 5.32 Å². The minimum absolute atomic E-state index is 0.111. The number of carbonyl (C=O) groups is 1. The molecule has 0 spiro atoms. The van der Waals surface area contributed by atoms with Gasteiger partial charge >= 0.3 is 5.97 Å². The zero-order chi connectivity index (χ0) is 14.7. The van der Waals surface area contributed by atoms with Crippen molar-refractivity contribution in [3.63, 3.8) is 0 Å². The van der Waals surface area contributed by atoms with Crippen molar-refractivity contribution in [1.29, 1.82) is 0 Å². The predicted octanol–water partition coefficient (Wildman–Crippen LogP) is 4.28. The maximum absolute atomic E-state index is 10.5. The van der Waals surface area contributed by atoms with Gasteiger partial charge in [0.25, 0.3) is 0 Å². The molecule has 6 heteroatoms. The van der Waals surface area contributed by atoms with Gasteiger partial charge < -0.3 is 10.4 Å². The number of hydrogen-bond donors (Lipinski definition) is 2. The number of halogens is 1. The van der Waals surface area contributed by atoms with Gasteiger partial charge in [-0.15, -0.1) is 11.3 Å². The summed E-state index contributed by atoms with van der Waals surface area (Å²) < 4.78 is 1.12. The van der Waals surface area contributed by atoms with Crippen molar-refractivity contribution in [1.82, 2.24) is 4.98 Å². The predicted molar refractivity (Wildman–Crippen MR) is 85.0 cm³/mol. The third-order valence-electron chi connectivity index (χ3n) is 2.83. The van der Waals surface area contributed by atoms with Gasteiger partial charge in [-0.3, -0.25) is 4.79 Å².